The van der Waals surface area contributed by atoms with Gasteiger partial charge in [0.1, 0.15) is 11.4 Å². The van der Waals surface area contributed by atoms with E-state index in [4.69, 9.17) is 4.74 Å². The molecule has 2 saturated carbocycles. The Labute approximate surface area is 161 Å². The number of likely N-dealkylation sites (tertiary alicyclic amines) is 1. The largest absolute Gasteiger partial charge is 0.508 e. The predicted octanol–water partition coefficient (Wildman–Crippen LogP) is 3.94. The van der Waals surface area contributed by atoms with Crippen molar-refractivity contribution in [1.29, 1.82) is 0 Å². The lowest BCUT2D eigenvalue weighted by molar-refractivity contribution is -0.206. The highest BCUT2D eigenvalue weighted by atomic mass is 16.6. The van der Waals surface area contributed by atoms with Gasteiger partial charge >= 0.3 is 5.97 Å². The first-order valence-electron chi connectivity index (χ1n) is 10.8. The zero-order chi connectivity index (χ0) is 18.6. The van der Waals surface area contributed by atoms with E-state index >= 15 is 0 Å². The molecule has 4 nitrogen and oxygen atoms in total. The molecule has 0 unspecified atom stereocenters. The Morgan fingerprint density at radius 2 is 2.04 bits per heavy atom. The van der Waals surface area contributed by atoms with Crippen LogP contribution in [0.1, 0.15) is 69.4 Å². The molecule has 0 amide bonds. The van der Waals surface area contributed by atoms with Gasteiger partial charge in [0.25, 0.3) is 0 Å². The Morgan fingerprint density at radius 3 is 2.78 bits per heavy atom. The highest BCUT2D eigenvalue weighted by Gasteiger charge is 2.66. The van der Waals surface area contributed by atoms with Crippen LogP contribution in [0.5, 0.6) is 5.75 Å². The first-order valence-corrected chi connectivity index (χ1v) is 10.8. The van der Waals surface area contributed by atoms with Crippen LogP contribution in [0.25, 0.3) is 0 Å². The van der Waals surface area contributed by atoms with E-state index in [2.05, 4.69) is 11.0 Å². The van der Waals surface area contributed by atoms with Crippen molar-refractivity contribution in [3.8, 4) is 5.75 Å². The number of esters is 1. The molecule has 0 aromatic heterocycles. The number of benzene rings is 1. The number of piperidine rings is 1. The van der Waals surface area contributed by atoms with Gasteiger partial charge in [-0.2, -0.15) is 0 Å². The van der Waals surface area contributed by atoms with Crippen LogP contribution in [0.2, 0.25) is 0 Å². The van der Waals surface area contributed by atoms with Crippen LogP contribution in [0.15, 0.2) is 18.2 Å². The average molecular weight is 370 g/mol. The lowest BCUT2D eigenvalue weighted by Gasteiger charge is -2.65. The van der Waals surface area contributed by atoms with Crippen LogP contribution in [0.4, 0.5) is 0 Å². The van der Waals surface area contributed by atoms with Gasteiger partial charge < -0.3 is 9.84 Å². The monoisotopic (exact) mass is 369 g/mol. The normalized spacial score (nSPS) is 35.7. The number of carbonyl (C=O) groups is 1. The minimum atomic E-state index is -0.431. The third kappa shape index (κ3) is 2.48. The third-order valence-electron chi connectivity index (χ3n) is 8.08. The van der Waals surface area contributed by atoms with Gasteiger partial charge in [0, 0.05) is 18.9 Å². The van der Waals surface area contributed by atoms with Crippen molar-refractivity contribution in [2.24, 2.45) is 5.92 Å². The molecule has 4 heteroatoms. The average Bonchev–Trinajstić information content (AvgIpc) is 2.59. The van der Waals surface area contributed by atoms with E-state index in [-0.39, 0.29) is 17.4 Å². The van der Waals surface area contributed by atoms with E-state index in [1.165, 1.54) is 36.8 Å². The first-order chi connectivity index (χ1) is 13.0. The van der Waals surface area contributed by atoms with E-state index in [9.17, 15) is 9.90 Å². The van der Waals surface area contributed by atoms with E-state index in [1.807, 2.05) is 12.1 Å². The highest BCUT2D eigenvalue weighted by molar-refractivity contribution is 5.67. The molecule has 3 fully saturated rings. The molecule has 146 valence electrons. The van der Waals surface area contributed by atoms with Gasteiger partial charge in [-0.05, 0) is 80.7 Å². The number of nitrogens with zero attached hydrogens (tertiary/aromatic N) is 1. The third-order valence-corrected chi connectivity index (χ3v) is 8.08. The van der Waals surface area contributed by atoms with Gasteiger partial charge in [0.05, 0.1) is 6.04 Å². The summed E-state index contributed by atoms with van der Waals surface area (Å²) in [6.45, 7) is 3.80. The molecule has 1 heterocycles. The van der Waals surface area contributed by atoms with Gasteiger partial charge in [-0.25, -0.2) is 0 Å². The number of ether oxygens (including phenoxy) is 1. The van der Waals surface area contributed by atoms with Crippen LogP contribution in [-0.4, -0.2) is 40.7 Å². The number of phenols is 1. The summed E-state index contributed by atoms with van der Waals surface area (Å²) in [4.78, 5) is 14.9. The second kappa shape index (κ2) is 6.23. The van der Waals surface area contributed by atoms with Gasteiger partial charge in [-0.15, -0.1) is 0 Å². The molecule has 1 saturated heterocycles. The van der Waals surface area contributed by atoms with E-state index in [0.29, 0.717) is 5.75 Å². The summed E-state index contributed by atoms with van der Waals surface area (Å²) in [6.07, 6.45) is 10.3. The molecular formula is C23H31NO3. The molecule has 3 atom stereocenters. The molecule has 2 bridgehead atoms. The summed E-state index contributed by atoms with van der Waals surface area (Å²) < 4.78 is 6.34. The maximum absolute atomic E-state index is 12.3. The number of fused-ring (bicyclic) bond motifs is 1. The molecule has 1 aromatic rings. The molecular weight excluding hydrogens is 338 g/mol. The number of aromatic hydroxyl groups is 1. The van der Waals surface area contributed by atoms with Crippen LogP contribution in [-0.2, 0) is 21.4 Å². The summed E-state index contributed by atoms with van der Waals surface area (Å²) in [5.74, 6) is 0.998. The Morgan fingerprint density at radius 1 is 1.22 bits per heavy atom. The quantitative estimate of drug-likeness (QED) is 0.820. The van der Waals surface area contributed by atoms with Crippen molar-refractivity contribution >= 4 is 5.97 Å². The molecule has 0 spiro atoms. The Bertz CT molecular complexity index is 758. The number of hydrogen-bond donors (Lipinski definition) is 1. The van der Waals surface area contributed by atoms with Crippen molar-refractivity contribution in [3.63, 3.8) is 0 Å². The summed E-state index contributed by atoms with van der Waals surface area (Å²) in [5, 5.41) is 10.2. The van der Waals surface area contributed by atoms with Crippen molar-refractivity contribution < 1.29 is 14.6 Å². The fourth-order valence-electron chi connectivity index (χ4n) is 6.76. The zero-order valence-corrected chi connectivity index (χ0v) is 16.4. The number of hydrogen-bond acceptors (Lipinski definition) is 4. The van der Waals surface area contributed by atoms with Crippen LogP contribution >= 0.6 is 0 Å². The SMILES string of the molecule is CC(=O)O[C@@]12CCCC[C@@]13CCN(CC1CCC1)[C@@H]2Cc1ccc(O)cc13. The molecule has 4 aliphatic rings. The Hall–Kier alpha value is -1.55. The van der Waals surface area contributed by atoms with E-state index in [1.54, 1.807) is 6.92 Å². The molecule has 5 rings (SSSR count). The lowest BCUT2D eigenvalue weighted by atomic mass is 9.49. The van der Waals surface area contributed by atoms with Crippen LogP contribution in [0, 0.1) is 5.92 Å². The maximum Gasteiger partial charge on any atom is 0.303 e. The van der Waals surface area contributed by atoms with Crippen molar-refractivity contribution in [2.75, 3.05) is 13.1 Å². The van der Waals surface area contributed by atoms with Gasteiger partial charge in [-0.3, -0.25) is 9.69 Å². The van der Waals surface area contributed by atoms with Crippen molar-refractivity contribution in [1.82, 2.24) is 4.90 Å². The summed E-state index contributed by atoms with van der Waals surface area (Å²) in [7, 11) is 0. The highest BCUT2D eigenvalue weighted by Crippen LogP contribution is 2.60. The molecule has 3 aliphatic carbocycles. The maximum atomic E-state index is 12.3. The Kier molecular flexibility index (Phi) is 4.05. The smallest absolute Gasteiger partial charge is 0.303 e. The lowest BCUT2D eigenvalue weighted by Crippen LogP contribution is -2.74. The summed E-state index contributed by atoms with van der Waals surface area (Å²) >= 11 is 0. The van der Waals surface area contributed by atoms with Crippen LogP contribution in [0.3, 0.4) is 0 Å². The fraction of sp³-hybridized carbons (Fsp3) is 0.696. The minimum Gasteiger partial charge on any atom is -0.508 e. The summed E-state index contributed by atoms with van der Waals surface area (Å²) in [5.41, 5.74) is 2.04. The van der Waals surface area contributed by atoms with E-state index in [0.717, 1.165) is 51.1 Å². The van der Waals surface area contributed by atoms with E-state index < -0.39 is 5.60 Å². The minimum absolute atomic E-state index is 0.135. The fourth-order valence-corrected chi connectivity index (χ4v) is 6.76. The molecule has 1 N–H and O–H groups in total. The molecule has 27 heavy (non-hydrogen) atoms. The second-order valence-corrected chi connectivity index (χ2v) is 9.38. The summed E-state index contributed by atoms with van der Waals surface area (Å²) in [6, 6.07) is 6.17. The van der Waals surface area contributed by atoms with Crippen molar-refractivity contribution in [3.05, 3.63) is 29.3 Å². The number of phenolic OH excluding ortho intramolecular Hbond substituents is 1. The van der Waals surface area contributed by atoms with Gasteiger partial charge in [0.2, 0.25) is 0 Å². The van der Waals surface area contributed by atoms with Crippen LogP contribution < -0.4 is 0 Å². The van der Waals surface area contributed by atoms with Gasteiger partial charge in [-0.1, -0.05) is 18.9 Å². The van der Waals surface area contributed by atoms with Gasteiger partial charge in [0.15, 0.2) is 0 Å². The molecule has 1 aliphatic heterocycles. The second-order valence-electron chi connectivity index (χ2n) is 9.38. The van der Waals surface area contributed by atoms with Crippen molar-refractivity contribution in [2.45, 2.75) is 81.8 Å². The topological polar surface area (TPSA) is 49.8 Å². The number of rotatable bonds is 3. The predicted molar refractivity (Wildman–Crippen MR) is 104 cm³/mol. The standard InChI is InChI=1S/C23H31NO3/c1-16(25)27-23-10-3-2-9-22(23)11-12-24(15-17-5-4-6-17)21(23)13-18-7-8-19(26)14-20(18)22/h7-8,14,17,21,26H,2-6,9-13,15H2,1H3/t21-,22+,23-/m1/s1. The molecule has 0 radical (unpaired) electrons. The number of carbonyl (C=O) groups excluding carboxylic acids is 1. The zero-order valence-electron chi connectivity index (χ0n) is 16.4. The first kappa shape index (κ1) is 17.5. The molecule has 1 aromatic carbocycles. The Balaban J connectivity index is 1.64.